The molecular formula is C13H16ClNO3. The summed E-state index contributed by atoms with van der Waals surface area (Å²) < 4.78 is 5.28. The summed E-state index contributed by atoms with van der Waals surface area (Å²) in [6, 6.07) is 4.72. The second kappa shape index (κ2) is 5.59. The first-order valence-electron chi connectivity index (χ1n) is 5.93. The number of nitrogens with zero attached hydrogens (tertiary/aromatic N) is 1. The number of halogens is 1. The summed E-state index contributed by atoms with van der Waals surface area (Å²) in [5, 5.41) is 9.54. The highest BCUT2D eigenvalue weighted by molar-refractivity contribution is 6.32. The maximum atomic E-state index is 12.3. The van der Waals surface area contributed by atoms with Crippen molar-refractivity contribution >= 4 is 17.5 Å². The third kappa shape index (κ3) is 2.76. The highest BCUT2D eigenvalue weighted by Gasteiger charge is 2.23. The van der Waals surface area contributed by atoms with E-state index in [0.717, 1.165) is 12.8 Å². The number of hydrogen-bond acceptors (Lipinski definition) is 3. The predicted molar refractivity (Wildman–Crippen MR) is 69.1 cm³/mol. The summed E-state index contributed by atoms with van der Waals surface area (Å²) in [7, 11) is 1.79. The summed E-state index contributed by atoms with van der Waals surface area (Å²) in [5.41, 5.74) is 0.492. The molecule has 0 spiro atoms. The van der Waals surface area contributed by atoms with Gasteiger partial charge in [-0.1, -0.05) is 11.6 Å². The molecule has 1 N–H and O–H groups in total. The van der Waals surface area contributed by atoms with Gasteiger partial charge in [-0.25, -0.2) is 0 Å². The molecule has 1 aromatic rings. The van der Waals surface area contributed by atoms with E-state index in [1.165, 1.54) is 12.1 Å². The van der Waals surface area contributed by atoms with Gasteiger partial charge in [0.05, 0.1) is 5.02 Å². The smallest absolute Gasteiger partial charge is 0.253 e. The molecule has 1 aromatic carbocycles. The standard InChI is InChI=1S/C13H16ClNO3/c1-15(10-4-6-18-7-5-10)13(17)9-2-3-12(16)11(14)8-9/h2-3,8,10,16H,4-7H2,1H3. The first-order valence-corrected chi connectivity index (χ1v) is 6.31. The van der Waals surface area contributed by atoms with Crippen LogP contribution in [0, 0.1) is 0 Å². The average Bonchev–Trinajstić information content (AvgIpc) is 2.41. The first-order chi connectivity index (χ1) is 8.59. The number of rotatable bonds is 2. The van der Waals surface area contributed by atoms with Crippen LogP contribution in [0.2, 0.25) is 5.02 Å². The van der Waals surface area contributed by atoms with Crippen LogP contribution in [0.25, 0.3) is 0 Å². The Morgan fingerprint density at radius 1 is 1.44 bits per heavy atom. The van der Waals surface area contributed by atoms with Crippen molar-refractivity contribution in [1.29, 1.82) is 0 Å². The third-order valence-electron chi connectivity index (χ3n) is 3.25. The van der Waals surface area contributed by atoms with Crippen molar-refractivity contribution in [3.63, 3.8) is 0 Å². The Bertz CT molecular complexity index is 444. The molecule has 0 atom stereocenters. The van der Waals surface area contributed by atoms with Crippen LogP contribution in [0.15, 0.2) is 18.2 Å². The summed E-state index contributed by atoms with van der Waals surface area (Å²) in [6.07, 6.45) is 1.71. The summed E-state index contributed by atoms with van der Waals surface area (Å²) in [6.45, 7) is 1.39. The van der Waals surface area contributed by atoms with Crippen LogP contribution < -0.4 is 0 Å². The molecule has 4 nitrogen and oxygen atoms in total. The van der Waals surface area contributed by atoms with Gasteiger partial charge in [-0.15, -0.1) is 0 Å². The minimum Gasteiger partial charge on any atom is -0.506 e. The second-order valence-corrected chi connectivity index (χ2v) is 4.83. The Morgan fingerprint density at radius 3 is 2.72 bits per heavy atom. The maximum Gasteiger partial charge on any atom is 0.253 e. The average molecular weight is 270 g/mol. The normalized spacial score (nSPS) is 16.6. The number of ether oxygens (including phenoxy) is 1. The summed E-state index contributed by atoms with van der Waals surface area (Å²) in [5.74, 6) is -0.0919. The van der Waals surface area contributed by atoms with Crippen molar-refractivity contribution < 1.29 is 14.6 Å². The monoisotopic (exact) mass is 269 g/mol. The zero-order chi connectivity index (χ0) is 13.1. The van der Waals surface area contributed by atoms with E-state index in [1.54, 1.807) is 18.0 Å². The van der Waals surface area contributed by atoms with Gasteiger partial charge in [0.15, 0.2) is 0 Å². The molecule has 1 saturated heterocycles. The number of benzene rings is 1. The Hall–Kier alpha value is -1.26. The van der Waals surface area contributed by atoms with E-state index in [0.29, 0.717) is 18.8 Å². The number of phenolic OH excluding ortho intramolecular Hbond substituents is 1. The Labute approximate surface area is 111 Å². The van der Waals surface area contributed by atoms with Crippen LogP contribution in [0.5, 0.6) is 5.75 Å². The molecule has 18 heavy (non-hydrogen) atoms. The summed E-state index contributed by atoms with van der Waals surface area (Å²) in [4.78, 5) is 14.0. The van der Waals surface area contributed by atoms with E-state index in [2.05, 4.69) is 0 Å². The number of carbonyl (C=O) groups excluding carboxylic acids is 1. The summed E-state index contributed by atoms with van der Waals surface area (Å²) >= 11 is 5.81. The number of amides is 1. The molecule has 1 heterocycles. The molecule has 1 aliphatic rings. The van der Waals surface area contributed by atoms with E-state index >= 15 is 0 Å². The largest absolute Gasteiger partial charge is 0.506 e. The van der Waals surface area contributed by atoms with E-state index in [1.807, 2.05) is 0 Å². The van der Waals surface area contributed by atoms with Gasteiger partial charge in [0.2, 0.25) is 0 Å². The number of hydrogen-bond donors (Lipinski definition) is 1. The molecule has 0 bridgehead atoms. The van der Waals surface area contributed by atoms with Crippen LogP contribution in [0.3, 0.4) is 0 Å². The fourth-order valence-electron chi connectivity index (χ4n) is 2.08. The number of aromatic hydroxyl groups is 1. The van der Waals surface area contributed by atoms with Gasteiger partial charge in [0.1, 0.15) is 5.75 Å². The highest BCUT2D eigenvalue weighted by atomic mass is 35.5. The molecule has 0 saturated carbocycles. The lowest BCUT2D eigenvalue weighted by atomic mass is 10.1. The molecule has 5 heteroatoms. The topological polar surface area (TPSA) is 49.8 Å². The third-order valence-corrected chi connectivity index (χ3v) is 3.56. The van der Waals surface area contributed by atoms with Gasteiger partial charge >= 0.3 is 0 Å². The van der Waals surface area contributed by atoms with E-state index in [9.17, 15) is 9.90 Å². The van der Waals surface area contributed by atoms with Crippen molar-refractivity contribution in [2.75, 3.05) is 20.3 Å². The number of phenols is 1. The zero-order valence-corrected chi connectivity index (χ0v) is 11.0. The van der Waals surface area contributed by atoms with Gasteiger partial charge in [-0.2, -0.15) is 0 Å². The molecule has 0 aromatic heterocycles. The highest BCUT2D eigenvalue weighted by Crippen LogP contribution is 2.25. The minimum absolute atomic E-state index is 0.0121. The quantitative estimate of drug-likeness (QED) is 0.896. The van der Waals surface area contributed by atoms with Crippen molar-refractivity contribution in [3.8, 4) is 5.75 Å². The van der Waals surface area contributed by atoms with Crippen molar-refractivity contribution in [1.82, 2.24) is 4.90 Å². The van der Waals surface area contributed by atoms with Crippen LogP contribution in [-0.2, 0) is 4.74 Å². The van der Waals surface area contributed by atoms with Crippen LogP contribution >= 0.6 is 11.6 Å². The molecule has 0 radical (unpaired) electrons. The van der Waals surface area contributed by atoms with Crippen molar-refractivity contribution in [3.05, 3.63) is 28.8 Å². The Balaban J connectivity index is 2.11. The Kier molecular flexibility index (Phi) is 4.09. The second-order valence-electron chi connectivity index (χ2n) is 4.43. The lowest BCUT2D eigenvalue weighted by Crippen LogP contribution is -2.40. The van der Waals surface area contributed by atoms with Gasteiger partial charge in [-0.3, -0.25) is 4.79 Å². The molecule has 2 rings (SSSR count). The molecule has 98 valence electrons. The van der Waals surface area contributed by atoms with Gasteiger partial charge in [0.25, 0.3) is 5.91 Å². The van der Waals surface area contributed by atoms with Crippen LogP contribution in [0.1, 0.15) is 23.2 Å². The molecule has 0 aliphatic carbocycles. The van der Waals surface area contributed by atoms with Gasteiger partial charge in [-0.05, 0) is 31.0 Å². The van der Waals surface area contributed by atoms with Crippen LogP contribution in [0.4, 0.5) is 0 Å². The van der Waals surface area contributed by atoms with Crippen LogP contribution in [-0.4, -0.2) is 42.2 Å². The number of carbonyl (C=O) groups is 1. The SMILES string of the molecule is CN(C(=O)c1ccc(O)c(Cl)c1)C1CCOCC1. The molecule has 1 fully saturated rings. The lowest BCUT2D eigenvalue weighted by molar-refractivity contribution is 0.0362. The van der Waals surface area contributed by atoms with E-state index in [4.69, 9.17) is 16.3 Å². The van der Waals surface area contributed by atoms with Gasteiger partial charge in [0, 0.05) is 31.9 Å². The Morgan fingerprint density at radius 2 is 2.11 bits per heavy atom. The molecular weight excluding hydrogens is 254 g/mol. The minimum atomic E-state index is -0.0798. The van der Waals surface area contributed by atoms with E-state index < -0.39 is 0 Å². The van der Waals surface area contributed by atoms with E-state index in [-0.39, 0.29) is 22.7 Å². The fraction of sp³-hybridized carbons (Fsp3) is 0.462. The fourth-order valence-corrected chi connectivity index (χ4v) is 2.26. The van der Waals surface area contributed by atoms with Crippen molar-refractivity contribution in [2.45, 2.75) is 18.9 Å². The maximum absolute atomic E-state index is 12.3. The van der Waals surface area contributed by atoms with Gasteiger partial charge < -0.3 is 14.7 Å². The predicted octanol–water partition coefficient (Wildman–Crippen LogP) is 2.30. The van der Waals surface area contributed by atoms with Crippen molar-refractivity contribution in [2.24, 2.45) is 0 Å². The first kappa shape index (κ1) is 13.2. The molecule has 1 amide bonds. The molecule has 1 aliphatic heterocycles. The molecule has 0 unspecified atom stereocenters. The lowest BCUT2D eigenvalue weighted by Gasteiger charge is -2.31. The zero-order valence-electron chi connectivity index (χ0n) is 10.2.